The molecule has 0 bridgehead atoms. The molecule has 0 fully saturated rings. The van der Waals surface area contributed by atoms with Gasteiger partial charge in [-0.1, -0.05) is 20.8 Å². The van der Waals surface area contributed by atoms with Gasteiger partial charge in [0.05, 0.1) is 6.20 Å². The van der Waals surface area contributed by atoms with Crippen molar-refractivity contribution in [2.45, 2.75) is 58.3 Å². The van der Waals surface area contributed by atoms with Gasteiger partial charge in [0.2, 0.25) is 0 Å². The number of nitrogens with one attached hydrogen (secondary N) is 1. The summed E-state index contributed by atoms with van der Waals surface area (Å²) in [6.45, 7) is 8.61. The van der Waals surface area contributed by atoms with Crippen LogP contribution in [0.5, 0.6) is 0 Å². The van der Waals surface area contributed by atoms with E-state index in [9.17, 15) is 13.2 Å². The molecule has 0 radical (unpaired) electrons. The van der Waals surface area contributed by atoms with Crippen LogP contribution in [-0.2, 0) is 31.1 Å². The zero-order valence-electron chi connectivity index (χ0n) is 15.7. The highest BCUT2D eigenvalue weighted by atomic mass is 19.4. The Morgan fingerprint density at radius 1 is 1.31 bits per heavy atom. The van der Waals surface area contributed by atoms with E-state index < -0.39 is 11.9 Å². The fourth-order valence-electron chi connectivity index (χ4n) is 3.68. The first kappa shape index (κ1) is 18.9. The Kier molecular flexibility index (Phi) is 4.90. The lowest BCUT2D eigenvalue weighted by Crippen LogP contribution is -2.31. The Morgan fingerprint density at radius 3 is 2.69 bits per heavy atom. The normalized spacial score (nSPS) is 18.4. The summed E-state index contributed by atoms with van der Waals surface area (Å²) in [4.78, 5) is 5.97. The van der Waals surface area contributed by atoms with Gasteiger partial charge in [0.1, 0.15) is 5.82 Å². The largest absolute Gasteiger partial charge is 0.434 e. The highest BCUT2D eigenvalue weighted by molar-refractivity contribution is 5.23. The number of H-pyrrole nitrogens is 1. The van der Waals surface area contributed by atoms with Gasteiger partial charge < -0.3 is 9.47 Å². The minimum absolute atomic E-state index is 0.00276. The van der Waals surface area contributed by atoms with Crippen molar-refractivity contribution in [1.82, 2.24) is 24.6 Å². The summed E-state index contributed by atoms with van der Waals surface area (Å²) in [6, 6.07) is 0. The van der Waals surface area contributed by atoms with Crippen molar-refractivity contribution in [2.24, 2.45) is 5.92 Å². The van der Waals surface area contributed by atoms with Crippen LogP contribution in [-0.4, -0.2) is 38.2 Å². The standard InChI is InChI=1S/C18H26F3N5/c1-17(2,3)16-13(7-22-24-16)10-25(4)8-12-5-6-15-23-14(18(19,20)21)11-26(15)9-12/h7,11-12H,5-6,8-10H2,1-4H3,(H,22,24)/t12-/m0/s1. The van der Waals surface area contributed by atoms with E-state index in [0.717, 1.165) is 31.4 Å². The number of aromatic nitrogens is 4. The van der Waals surface area contributed by atoms with Crippen molar-refractivity contribution in [1.29, 1.82) is 0 Å². The predicted molar refractivity (Wildman–Crippen MR) is 92.7 cm³/mol. The summed E-state index contributed by atoms with van der Waals surface area (Å²) in [7, 11) is 2.05. The summed E-state index contributed by atoms with van der Waals surface area (Å²) in [5.74, 6) is 0.855. The minimum atomic E-state index is -4.37. The number of halogens is 3. The number of aryl methyl sites for hydroxylation is 1. The summed E-state index contributed by atoms with van der Waals surface area (Å²) >= 11 is 0. The number of aromatic amines is 1. The molecule has 1 atom stereocenters. The zero-order valence-corrected chi connectivity index (χ0v) is 15.7. The molecule has 2 aromatic rings. The van der Waals surface area contributed by atoms with Crippen molar-refractivity contribution in [3.63, 3.8) is 0 Å². The van der Waals surface area contributed by atoms with E-state index in [2.05, 4.69) is 40.9 Å². The molecule has 0 unspecified atom stereocenters. The van der Waals surface area contributed by atoms with Crippen LogP contribution in [0.4, 0.5) is 13.2 Å². The molecule has 1 N–H and O–H groups in total. The van der Waals surface area contributed by atoms with Gasteiger partial charge in [-0.05, 0) is 19.4 Å². The fourth-order valence-corrected chi connectivity index (χ4v) is 3.68. The lowest BCUT2D eigenvalue weighted by molar-refractivity contribution is -0.141. The van der Waals surface area contributed by atoms with E-state index in [1.165, 1.54) is 5.56 Å². The third kappa shape index (κ3) is 4.11. The molecule has 1 aliphatic rings. The number of hydrogen-bond donors (Lipinski definition) is 1. The molecule has 0 aliphatic carbocycles. The molecule has 3 rings (SSSR count). The van der Waals surface area contributed by atoms with E-state index in [4.69, 9.17) is 0 Å². The lowest BCUT2D eigenvalue weighted by atomic mass is 9.89. The monoisotopic (exact) mass is 369 g/mol. The number of rotatable bonds is 4. The Balaban J connectivity index is 1.62. The molecule has 0 aromatic carbocycles. The van der Waals surface area contributed by atoms with E-state index in [1.54, 1.807) is 4.57 Å². The van der Waals surface area contributed by atoms with Gasteiger partial charge >= 0.3 is 6.18 Å². The molecular weight excluding hydrogens is 343 g/mol. The van der Waals surface area contributed by atoms with Crippen molar-refractivity contribution in [3.8, 4) is 0 Å². The van der Waals surface area contributed by atoms with Gasteiger partial charge in [0, 0.05) is 48.9 Å². The molecule has 0 amide bonds. The summed E-state index contributed by atoms with van der Waals surface area (Å²) in [6.07, 6.45) is 0.0851. The Hall–Kier alpha value is -1.83. The van der Waals surface area contributed by atoms with Gasteiger partial charge in [-0.2, -0.15) is 18.3 Å². The van der Waals surface area contributed by atoms with E-state index >= 15 is 0 Å². The predicted octanol–water partition coefficient (Wildman–Crippen LogP) is 3.62. The van der Waals surface area contributed by atoms with Crippen molar-refractivity contribution < 1.29 is 13.2 Å². The van der Waals surface area contributed by atoms with E-state index in [0.29, 0.717) is 24.7 Å². The van der Waals surface area contributed by atoms with Crippen LogP contribution in [0.3, 0.4) is 0 Å². The maximum Gasteiger partial charge on any atom is 0.434 e. The average molecular weight is 369 g/mol. The highest BCUT2D eigenvalue weighted by Crippen LogP contribution is 2.31. The number of imidazole rings is 1. The van der Waals surface area contributed by atoms with Crippen molar-refractivity contribution in [3.05, 3.63) is 35.2 Å². The van der Waals surface area contributed by atoms with Crippen LogP contribution >= 0.6 is 0 Å². The van der Waals surface area contributed by atoms with Gasteiger partial charge in [-0.25, -0.2) is 4.98 Å². The molecule has 1 aliphatic heterocycles. The quantitative estimate of drug-likeness (QED) is 0.896. The first-order valence-corrected chi connectivity index (χ1v) is 8.88. The Labute approximate surface area is 151 Å². The molecule has 3 heterocycles. The van der Waals surface area contributed by atoms with Crippen LogP contribution in [0, 0.1) is 5.92 Å². The molecule has 2 aromatic heterocycles. The summed E-state index contributed by atoms with van der Waals surface area (Å²) in [5, 5.41) is 7.26. The first-order chi connectivity index (χ1) is 12.0. The van der Waals surface area contributed by atoms with E-state index in [1.807, 2.05) is 13.2 Å². The van der Waals surface area contributed by atoms with Gasteiger partial charge in [0.25, 0.3) is 0 Å². The molecule has 0 saturated carbocycles. The fraction of sp³-hybridized carbons (Fsp3) is 0.667. The zero-order chi connectivity index (χ0) is 19.1. The molecule has 8 heteroatoms. The molecule has 26 heavy (non-hydrogen) atoms. The first-order valence-electron chi connectivity index (χ1n) is 8.88. The molecule has 5 nitrogen and oxygen atoms in total. The molecule has 0 saturated heterocycles. The molecule has 0 spiro atoms. The van der Waals surface area contributed by atoms with Crippen molar-refractivity contribution >= 4 is 0 Å². The average Bonchev–Trinajstić information content (AvgIpc) is 3.11. The van der Waals surface area contributed by atoms with Crippen LogP contribution in [0.2, 0.25) is 0 Å². The maximum absolute atomic E-state index is 12.8. The number of hydrogen-bond acceptors (Lipinski definition) is 3. The second-order valence-corrected chi connectivity index (χ2v) is 8.31. The SMILES string of the molecule is CN(Cc1cn[nH]c1C(C)(C)C)C[C@@H]1CCc2nc(C(F)(F)F)cn2C1. The van der Waals surface area contributed by atoms with Crippen LogP contribution < -0.4 is 0 Å². The van der Waals surface area contributed by atoms with E-state index in [-0.39, 0.29) is 5.41 Å². The van der Waals surface area contributed by atoms with Gasteiger partial charge in [0.15, 0.2) is 5.69 Å². The number of fused-ring (bicyclic) bond motifs is 1. The van der Waals surface area contributed by atoms with Crippen LogP contribution in [0.1, 0.15) is 50.0 Å². The van der Waals surface area contributed by atoms with Crippen LogP contribution in [0.25, 0.3) is 0 Å². The summed E-state index contributed by atoms with van der Waals surface area (Å²) in [5.41, 5.74) is 1.50. The smallest absolute Gasteiger partial charge is 0.334 e. The third-order valence-electron chi connectivity index (χ3n) is 4.86. The number of alkyl halides is 3. The minimum Gasteiger partial charge on any atom is -0.334 e. The second kappa shape index (κ2) is 6.72. The number of nitrogens with zero attached hydrogens (tertiary/aromatic N) is 4. The molecular formula is C18H26F3N5. The second-order valence-electron chi connectivity index (χ2n) is 8.31. The molecule has 144 valence electrons. The third-order valence-corrected chi connectivity index (χ3v) is 4.86. The highest BCUT2D eigenvalue weighted by Gasteiger charge is 2.35. The van der Waals surface area contributed by atoms with Gasteiger partial charge in [-0.15, -0.1) is 0 Å². The van der Waals surface area contributed by atoms with Gasteiger partial charge in [-0.3, -0.25) is 5.10 Å². The Bertz CT molecular complexity index is 754. The van der Waals surface area contributed by atoms with Crippen LogP contribution in [0.15, 0.2) is 12.4 Å². The summed E-state index contributed by atoms with van der Waals surface area (Å²) < 4.78 is 40.2. The topological polar surface area (TPSA) is 49.7 Å². The van der Waals surface area contributed by atoms with Crippen molar-refractivity contribution in [2.75, 3.05) is 13.6 Å². The Morgan fingerprint density at radius 2 is 2.04 bits per heavy atom. The lowest BCUT2D eigenvalue weighted by Gasteiger charge is -2.28. The maximum atomic E-state index is 12.8.